The van der Waals surface area contributed by atoms with Gasteiger partial charge >= 0.3 is 0 Å². The Balaban J connectivity index is 0.00000200. The van der Waals surface area contributed by atoms with Gasteiger partial charge in [0.25, 0.3) is 0 Å². The van der Waals surface area contributed by atoms with Crippen molar-refractivity contribution in [3.05, 3.63) is 0 Å². The van der Waals surface area contributed by atoms with Crippen molar-refractivity contribution < 1.29 is 9.53 Å². The Morgan fingerprint density at radius 3 is 2.80 bits per heavy atom. The lowest BCUT2D eigenvalue weighted by atomic mass is 9.91. The number of hydrogen-bond donors (Lipinski definition) is 2. The van der Waals surface area contributed by atoms with Gasteiger partial charge in [0.05, 0.1) is 6.10 Å². The molecule has 0 spiro atoms. The molecule has 4 nitrogen and oxygen atoms in total. The smallest absolute Gasteiger partial charge is 0.223 e. The van der Waals surface area contributed by atoms with Crippen molar-refractivity contribution in [2.24, 2.45) is 17.8 Å². The second-order valence-electron chi connectivity index (χ2n) is 6.45. The monoisotopic (exact) mass is 304 g/mol. The van der Waals surface area contributed by atoms with Gasteiger partial charge in [0.2, 0.25) is 5.91 Å². The highest BCUT2D eigenvalue weighted by atomic mass is 35.5. The summed E-state index contributed by atoms with van der Waals surface area (Å²) in [6, 6.07) is 0.461. The van der Waals surface area contributed by atoms with E-state index >= 15 is 0 Å². The van der Waals surface area contributed by atoms with Crippen molar-refractivity contribution in [3.8, 4) is 0 Å². The molecule has 0 aliphatic carbocycles. The van der Waals surface area contributed by atoms with E-state index in [-0.39, 0.29) is 24.2 Å². The first-order valence-corrected chi connectivity index (χ1v) is 7.70. The van der Waals surface area contributed by atoms with Crippen LogP contribution in [0.4, 0.5) is 0 Å². The van der Waals surface area contributed by atoms with Crippen LogP contribution in [0.25, 0.3) is 0 Å². The normalized spacial score (nSPS) is 33.8. The van der Waals surface area contributed by atoms with Gasteiger partial charge in [-0.3, -0.25) is 4.79 Å². The standard InChI is InChI=1S/C15H28N2O2.ClH/c1-10(2)14-13(5-7-19-14)9-17-15(18)12-4-6-16-11(3)8-12;/h10-14,16H,4-9H2,1-3H3,(H,17,18);1H/t11-,12-,13?,14?;/m0./s1. The van der Waals surface area contributed by atoms with E-state index in [1.54, 1.807) is 0 Å². The number of carbonyl (C=O) groups is 1. The van der Waals surface area contributed by atoms with Crippen LogP contribution in [-0.2, 0) is 9.53 Å². The number of rotatable bonds is 4. The number of amides is 1. The van der Waals surface area contributed by atoms with Crippen molar-refractivity contribution >= 4 is 18.3 Å². The molecule has 2 heterocycles. The average molecular weight is 305 g/mol. The molecule has 0 bridgehead atoms. The molecule has 2 fully saturated rings. The van der Waals surface area contributed by atoms with Gasteiger partial charge in [-0.25, -0.2) is 0 Å². The molecule has 118 valence electrons. The first-order valence-electron chi connectivity index (χ1n) is 7.70. The highest BCUT2D eigenvalue weighted by Gasteiger charge is 2.32. The molecular formula is C15H29ClN2O2. The van der Waals surface area contributed by atoms with Gasteiger partial charge in [-0.05, 0) is 38.6 Å². The second kappa shape index (κ2) is 8.20. The van der Waals surface area contributed by atoms with E-state index in [2.05, 4.69) is 31.4 Å². The van der Waals surface area contributed by atoms with Crippen LogP contribution in [0.5, 0.6) is 0 Å². The number of hydrogen-bond acceptors (Lipinski definition) is 3. The second-order valence-corrected chi connectivity index (χ2v) is 6.45. The summed E-state index contributed by atoms with van der Waals surface area (Å²) < 4.78 is 5.76. The number of carbonyl (C=O) groups excluding carboxylic acids is 1. The summed E-state index contributed by atoms with van der Waals surface area (Å²) in [5.74, 6) is 1.45. The van der Waals surface area contributed by atoms with E-state index in [1.807, 2.05) is 0 Å². The molecule has 1 amide bonds. The fraction of sp³-hybridized carbons (Fsp3) is 0.933. The van der Waals surface area contributed by atoms with Gasteiger partial charge in [-0.2, -0.15) is 0 Å². The van der Waals surface area contributed by atoms with E-state index < -0.39 is 0 Å². The third kappa shape index (κ3) is 4.61. The molecule has 5 heteroatoms. The van der Waals surface area contributed by atoms with E-state index in [4.69, 9.17) is 4.74 Å². The number of halogens is 1. The van der Waals surface area contributed by atoms with Gasteiger partial charge in [0.15, 0.2) is 0 Å². The SMILES string of the molecule is CC(C)C1OCCC1CNC(=O)[C@H]1CCN[C@@H](C)C1.Cl. The summed E-state index contributed by atoms with van der Waals surface area (Å²) in [6.07, 6.45) is 3.31. The van der Waals surface area contributed by atoms with Crippen molar-refractivity contribution in [1.29, 1.82) is 0 Å². The molecule has 0 radical (unpaired) electrons. The molecule has 0 aromatic heterocycles. The Morgan fingerprint density at radius 2 is 2.15 bits per heavy atom. The Labute approximate surface area is 128 Å². The van der Waals surface area contributed by atoms with Crippen LogP contribution in [-0.4, -0.2) is 37.7 Å². The number of piperidine rings is 1. The number of ether oxygens (including phenoxy) is 1. The van der Waals surface area contributed by atoms with Gasteiger partial charge in [-0.1, -0.05) is 13.8 Å². The van der Waals surface area contributed by atoms with Gasteiger partial charge in [-0.15, -0.1) is 12.4 Å². The molecule has 2 rings (SSSR count). The molecule has 2 unspecified atom stereocenters. The third-order valence-electron chi connectivity index (χ3n) is 4.45. The molecule has 2 aliphatic rings. The first-order chi connectivity index (χ1) is 9.08. The van der Waals surface area contributed by atoms with Crippen LogP contribution in [0.1, 0.15) is 40.0 Å². The minimum atomic E-state index is 0. The highest BCUT2D eigenvalue weighted by molar-refractivity contribution is 5.85. The molecule has 2 N–H and O–H groups in total. The van der Waals surface area contributed by atoms with E-state index in [1.165, 1.54) is 0 Å². The Hall–Kier alpha value is -0.320. The van der Waals surface area contributed by atoms with Crippen LogP contribution in [0, 0.1) is 17.8 Å². The molecule has 20 heavy (non-hydrogen) atoms. The van der Waals surface area contributed by atoms with Crippen LogP contribution in [0.3, 0.4) is 0 Å². The van der Waals surface area contributed by atoms with E-state index in [9.17, 15) is 4.79 Å². The summed E-state index contributed by atoms with van der Waals surface area (Å²) in [5, 5.41) is 6.54. The van der Waals surface area contributed by atoms with Crippen molar-refractivity contribution in [2.75, 3.05) is 19.7 Å². The van der Waals surface area contributed by atoms with Gasteiger partial charge in [0.1, 0.15) is 0 Å². The minimum absolute atomic E-state index is 0. The maximum Gasteiger partial charge on any atom is 0.223 e. The third-order valence-corrected chi connectivity index (χ3v) is 4.45. The van der Waals surface area contributed by atoms with Gasteiger partial charge < -0.3 is 15.4 Å². The zero-order valence-corrected chi connectivity index (χ0v) is 13.7. The van der Waals surface area contributed by atoms with Crippen LogP contribution >= 0.6 is 12.4 Å². The fourth-order valence-electron chi connectivity index (χ4n) is 3.36. The van der Waals surface area contributed by atoms with Gasteiger partial charge in [0, 0.05) is 31.0 Å². The zero-order valence-electron chi connectivity index (χ0n) is 12.9. The summed E-state index contributed by atoms with van der Waals surface area (Å²) in [5.41, 5.74) is 0. The maximum atomic E-state index is 12.2. The first kappa shape index (κ1) is 17.7. The molecule has 2 saturated heterocycles. The van der Waals surface area contributed by atoms with Crippen molar-refractivity contribution in [2.45, 2.75) is 52.2 Å². The summed E-state index contributed by atoms with van der Waals surface area (Å²) in [6.45, 7) is 9.12. The van der Waals surface area contributed by atoms with Crippen LogP contribution in [0.15, 0.2) is 0 Å². The lowest BCUT2D eigenvalue weighted by Crippen LogP contribution is -2.44. The molecular weight excluding hydrogens is 276 g/mol. The lowest BCUT2D eigenvalue weighted by Gasteiger charge is -2.28. The molecule has 0 saturated carbocycles. The quantitative estimate of drug-likeness (QED) is 0.835. The van der Waals surface area contributed by atoms with E-state index in [0.29, 0.717) is 24.0 Å². The highest BCUT2D eigenvalue weighted by Crippen LogP contribution is 2.26. The van der Waals surface area contributed by atoms with E-state index in [0.717, 1.165) is 39.0 Å². The Morgan fingerprint density at radius 1 is 1.40 bits per heavy atom. The fourth-order valence-corrected chi connectivity index (χ4v) is 3.36. The maximum absolute atomic E-state index is 12.2. The summed E-state index contributed by atoms with van der Waals surface area (Å²) >= 11 is 0. The van der Waals surface area contributed by atoms with Crippen molar-refractivity contribution in [1.82, 2.24) is 10.6 Å². The molecule has 4 atom stereocenters. The molecule has 0 aromatic rings. The predicted molar refractivity (Wildman–Crippen MR) is 83.1 cm³/mol. The lowest BCUT2D eigenvalue weighted by molar-refractivity contribution is -0.126. The Kier molecular flexibility index (Phi) is 7.27. The minimum Gasteiger partial charge on any atom is -0.378 e. The summed E-state index contributed by atoms with van der Waals surface area (Å²) in [4.78, 5) is 12.2. The van der Waals surface area contributed by atoms with Crippen molar-refractivity contribution in [3.63, 3.8) is 0 Å². The molecule has 0 aromatic carbocycles. The van der Waals surface area contributed by atoms with Crippen LogP contribution in [0.2, 0.25) is 0 Å². The predicted octanol–water partition coefficient (Wildman–Crippen LogP) is 1.97. The number of nitrogens with one attached hydrogen (secondary N) is 2. The largest absolute Gasteiger partial charge is 0.378 e. The Bertz CT molecular complexity index is 312. The molecule has 2 aliphatic heterocycles. The van der Waals surface area contributed by atoms with Crippen LogP contribution < -0.4 is 10.6 Å². The zero-order chi connectivity index (χ0) is 13.8. The average Bonchev–Trinajstić information content (AvgIpc) is 2.84. The summed E-state index contributed by atoms with van der Waals surface area (Å²) in [7, 11) is 0. The topological polar surface area (TPSA) is 50.4 Å².